The number of carbonyl (C=O) groups excluding carboxylic acids is 1. The molecule has 1 saturated heterocycles. The smallest absolute Gasteiger partial charge is 0.288 e. The molecular weight excluding hydrogens is 322 g/mol. The maximum atomic E-state index is 11.7. The fourth-order valence-corrected chi connectivity index (χ4v) is 3.89. The van der Waals surface area contributed by atoms with Crippen molar-refractivity contribution in [1.82, 2.24) is 9.88 Å². The Balaban J connectivity index is 1.68. The summed E-state index contributed by atoms with van der Waals surface area (Å²) in [5.41, 5.74) is 5.31. The molecule has 1 aliphatic heterocycles. The van der Waals surface area contributed by atoms with Gasteiger partial charge < -0.3 is 10.6 Å². The molecular formula is C17H25N5O3. The molecule has 25 heavy (non-hydrogen) atoms. The van der Waals surface area contributed by atoms with E-state index < -0.39 is 10.8 Å². The Bertz CT molecular complexity index is 650. The molecule has 1 aromatic rings. The molecule has 8 heteroatoms. The van der Waals surface area contributed by atoms with Crippen LogP contribution in [0.3, 0.4) is 0 Å². The van der Waals surface area contributed by atoms with E-state index in [0.717, 1.165) is 32.1 Å². The third-order valence-corrected chi connectivity index (χ3v) is 5.44. The van der Waals surface area contributed by atoms with Crippen LogP contribution in [0.5, 0.6) is 0 Å². The lowest BCUT2D eigenvalue weighted by atomic mass is 9.86. The lowest BCUT2D eigenvalue weighted by Crippen LogP contribution is -2.51. The number of primary amides is 1. The molecule has 0 bridgehead atoms. The van der Waals surface area contributed by atoms with E-state index in [2.05, 4.69) is 16.8 Å². The average Bonchev–Trinajstić information content (AvgIpc) is 2.62. The highest BCUT2D eigenvalue weighted by Gasteiger charge is 2.29. The second-order valence-electron chi connectivity index (χ2n) is 7.12. The largest absolute Gasteiger partial charge is 0.365 e. The van der Waals surface area contributed by atoms with Gasteiger partial charge in [-0.2, -0.15) is 0 Å². The lowest BCUT2D eigenvalue weighted by Gasteiger charge is -2.42. The number of hydrogen-bond acceptors (Lipinski definition) is 6. The number of carbonyl (C=O) groups is 1. The molecule has 3 rings (SSSR count). The summed E-state index contributed by atoms with van der Waals surface area (Å²) >= 11 is 0. The first-order valence-corrected chi connectivity index (χ1v) is 8.89. The number of nitro groups is 1. The number of anilines is 1. The molecule has 1 amide bonds. The van der Waals surface area contributed by atoms with Crippen molar-refractivity contribution in [1.29, 1.82) is 0 Å². The first-order valence-electron chi connectivity index (χ1n) is 8.89. The van der Waals surface area contributed by atoms with Crippen LogP contribution < -0.4 is 10.6 Å². The molecule has 1 saturated carbocycles. The van der Waals surface area contributed by atoms with Crippen molar-refractivity contribution in [3.63, 3.8) is 0 Å². The molecule has 0 aromatic carbocycles. The molecule has 0 unspecified atom stereocenters. The molecule has 2 fully saturated rings. The summed E-state index contributed by atoms with van der Waals surface area (Å²) in [6.07, 6.45) is 6.28. The van der Waals surface area contributed by atoms with Crippen LogP contribution in [-0.2, 0) is 0 Å². The molecule has 136 valence electrons. The third-order valence-electron chi connectivity index (χ3n) is 5.44. The fourth-order valence-electron chi connectivity index (χ4n) is 3.89. The van der Waals surface area contributed by atoms with Crippen LogP contribution in [-0.4, -0.2) is 52.9 Å². The minimum Gasteiger partial charge on any atom is -0.365 e. The first-order chi connectivity index (χ1) is 12.0. The summed E-state index contributed by atoms with van der Waals surface area (Å²) in [5, 5.41) is 10.9. The van der Waals surface area contributed by atoms with E-state index in [9.17, 15) is 14.9 Å². The quantitative estimate of drug-likeness (QED) is 0.657. The van der Waals surface area contributed by atoms with Gasteiger partial charge in [0.2, 0.25) is 0 Å². The zero-order chi connectivity index (χ0) is 18.0. The van der Waals surface area contributed by atoms with E-state index in [-0.39, 0.29) is 11.3 Å². The summed E-state index contributed by atoms with van der Waals surface area (Å²) in [7, 11) is 0. The molecule has 0 radical (unpaired) electrons. The Hall–Kier alpha value is -2.22. The summed E-state index contributed by atoms with van der Waals surface area (Å²) in [6, 6.07) is 1.87. The van der Waals surface area contributed by atoms with Crippen LogP contribution in [0, 0.1) is 16.0 Å². The van der Waals surface area contributed by atoms with Gasteiger partial charge in [-0.3, -0.25) is 19.8 Å². The first kappa shape index (κ1) is 17.6. The minimum absolute atomic E-state index is 0.120. The zero-order valence-corrected chi connectivity index (χ0v) is 14.6. The van der Waals surface area contributed by atoms with E-state index in [1.165, 1.54) is 37.9 Å². The van der Waals surface area contributed by atoms with Crippen molar-refractivity contribution in [2.45, 2.75) is 38.6 Å². The fraction of sp³-hybridized carbons (Fsp3) is 0.647. The standard InChI is InChI=1S/C17H25N5O3/c1-12-2-4-13(5-3-12)20-6-8-21(9-7-20)17-15(16(18)23)10-14(11-19-17)22(24)25/h10-13H,2-9H2,1H3,(H2,18,23). The molecule has 2 N–H and O–H groups in total. The van der Waals surface area contributed by atoms with Gasteiger partial charge in [-0.05, 0) is 31.6 Å². The number of aromatic nitrogens is 1. The van der Waals surface area contributed by atoms with Crippen LogP contribution >= 0.6 is 0 Å². The van der Waals surface area contributed by atoms with E-state index in [0.29, 0.717) is 11.9 Å². The highest BCUT2D eigenvalue weighted by molar-refractivity contribution is 5.98. The molecule has 2 aliphatic rings. The van der Waals surface area contributed by atoms with Gasteiger partial charge in [-0.1, -0.05) is 6.92 Å². The summed E-state index contributed by atoms with van der Waals surface area (Å²) in [6.45, 7) is 5.64. The van der Waals surface area contributed by atoms with Gasteiger partial charge in [0.05, 0.1) is 10.5 Å². The van der Waals surface area contributed by atoms with Gasteiger partial charge >= 0.3 is 0 Å². The van der Waals surface area contributed by atoms with Crippen LogP contribution in [0.1, 0.15) is 43.0 Å². The maximum absolute atomic E-state index is 11.7. The topological polar surface area (TPSA) is 106 Å². The normalized spacial score (nSPS) is 24.9. The van der Waals surface area contributed by atoms with Gasteiger partial charge in [0.15, 0.2) is 0 Å². The number of nitrogens with two attached hydrogens (primary N) is 1. The van der Waals surface area contributed by atoms with Crippen molar-refractivity contribution >= 4 is 17.4 Å². The second kappa shape index (κ2) is 7.35. The summed E-state index contributed by atoms with van der Waals surface area (Å²) in [4.78, 5) is 30.7. The van der Waals surface area contributed by atoms with Crippen LogP contribution in [0.25, 0.3) is 0 Å². The third kappa shape index (κ3) is 3.89. The van der Waals surface area contributed by atoms with Gasteiger partial charge in [-0.15, -0.1) is 0 Å². The predicted molar refractivity (Wildman–Crippen MR) is 94.6 cm³/mol. The highest BCUT2D eigenvalue weighted by atomic mass is 16.6. The number of nitrogens with zero attached hydrogens (tertiary/aromatic N) is 4. The molecule has 2 heterocycles. The highest BCUT2D eigenvalue weighted by Crippen LogP contribution is 2.29. The van der Waals surface area contributed by atoms with Crippen LogP contribution in [0.4, 0.5) is 11.5 Å². The molecule has 8 nitrogen and oxygen atoms in total. The van der Waals surface area contributed by atoms with E-state index >= 15 is 0 Å². The molecule has 0 spiro atoms. The number of amides is 1. The van der Waals surface area contributed by atoms with Crippen molar-refractivity contribution in [3.05, 3.63) is 27.9 Å². The Labute approximate surface area is 147 Å². The molecule has 1 aromatic heterocycles. The lowest BCUT2D eigenvalue weighted by molar-refractivity contribution is -0.385. The number of pyridine rings is 1. The number of rotatable bonds is 4. The van der Waals surface area contributed by atoms with E-state index in [1.807, 2.05) is 4.90 Å². The summed E-state index contributed by atoms with van der Waals surface area (Å²) < 4.78 is 0. The van der Waals surface area contributed by atoms with Crippen molar-refractivity contribution < 1.29 is 9.72 Å². The minimum atomic E-state index is -0.685. The number of hydrogen-bond donors (Lipinski definition) is 1. The Morgan fingerprint density at radius 1 is 1.24 bits per heavy atom. The Morgan fingerprint density at radius 3 is 2.44 bits per heavy atom. The van der Waals surface area contributed by atoms with Gasteiger partial charge in [0, 0.05) is 38.3 Å². The summed E-state index contributed by atoms with van der Waals surface area (Å²) in [5.74, 6) is 0.602. The van der Waals surface area contributed by atoms with Crippen molar-refractivity contribution in [2.24, 2.45) is 11.7 Å². The molecule has 0 atom stereocenters. The monoisotopic (exact) mass is 347 g/mol. The van der Waals surface area contributed by atoms with Crippen molar-refractivity contribution in [3.8, 4) is 0 Å². The SMILES string of the molecule is CC1CCC(N2CCN(c3ncc([N+](=O)[O-])cc3C(N)=O)CC2)CC1. The zero-order valence-electron chi connectivity index (χ0n) is 14.6. The van der Waals surface area contributed by atoms with E-state index in [4.69, 9.17) is 5.73 Å². The Morgan fingerprint density at radius 2 is 1.88 bits per heavy atom. The second-order valence-corrected chi connectivity index (χ2v) is 7.12. The van der Waals surface area contributed by atoms with Crippen LogP contribution in [0.2, 0.25) is 0 Å². The Kier molecular flexibility index (Phi) is 5.17. The average molecular weight is 347 g/mol. The van der Waals surface area contributed by atoms with Gasteiger partial charge in [-0.25, -0.2) is 4.98 Å². The van der Waals surface area contributed by atoms with E-state index in [1.54, 1.807) is 0 Å². The number of piperazine rings is 1. The van der Waals surface area contributed by atoms with Gasteiger partial charge in [0.1, 0.15) is 12.0 Å². The van der Waals surface area contributed by atoms with Crippen molar-refractivity contribution in [2.75, 3.05) is 31.1 Å². The molecule has 1 aliphatic carbocycles. The maximum Gasteiger partial charge on any atom is 0.288 e. The van der Waals surface area contributed by atoms with Gasteiger partial charge in [0.25, 0.3) is 11.6 Å². The predicted octanol–water partition coefficient (Wildman–Crippen LogP) is 1.79. The van der Waals surface area contributed by atoms with Crippen LogP contribution in [0.15, 0.2) is 12.3 Å².